The van der Waals surface area contributed by atoms with Crippen molar-refractivity contribution in [2.24, 2.45) is 0 Å². The summed E-state index contributed by atoms with van der Waals surface area (Å²) in [7, 11) is -3.46. The molecule has 0 amide bonds. The molecule has 108 valence electrons. The summed E-state index contributed by atoms with van der Waals surface area (Å²) in [5, 5.41) is 0. The molecule has 1 heterocycles. The lowest BCUT2D eigenvalue weighted by Gasteiger charge is -2.13. The zero-order valence-electron chi connectivity index (χ0n) is 11.0. The van der Waals surface area contributed by atoms with Crippen molar-refractivity contribution >= 4 is 10.0 Å². The Morgan fingerprint density at radius 1 is 1.25 bits per heavy atom. The van der Waals surface area contributed by atoms with Gasteiger partial charge in [-0.05, 0) is 36.8 Å². The molecule has 0 spiro atoms. The lowest BCUT2D eigenvalue weighted by molar-refractivity contribution is 0.479. The number of furan rings is 1. The minimum Gasteiger partial charge on any atom is -0.469 e. The van der Waals surface area contributed by atoms with Crippen molar-refractivity contribution in [2.75, 3.05) is 0 Å². The summed E-state index contributed by atoms with van der Waals surface area (Å²) >= 11 is 0. The maximum absolute atomic E-state index is 12.8. The van der Waals surface area contributed by atoms with Gasteiger partial charge in [0.2, 0.25) is 10.0 Å². The molecular formula is C14H16FNO3S. The lowest BCUT2D eigenvalue weighted by Crippen LogP contribution is -2.34. The normalized spacial score (nSPS) is 13.3. The Morgan fingerprint density at radius 3 is 2.55 bits per heavy atom. The van der Waals surface area contributed by atoms with Gasteiger partial charge in [-0.1, -0.05) is 12.1 Å². The molecule has 1 N–H and O–H groups in total. The van der Waals surface area contributed by atoms with Crippen molar-refractivity contribution in [2.45, 2.75) is 25.1 Å². The quantitative estimate of drug-likeness (QED) is 0.891. The topological polar surface area (TPSA) is 59.3 Å². The van der Waals surface area contributed by atoms with Gasteiger partial charge in [0.15, 0.2) is 0 Å². The van der Waals surface area contributed by atoms with Crippen LogP contribution in [0, 0.1) is 5.82 Å². The summed E-state index contributed by atoms with van der Waals surface area (Å²) < 4.78 is 44.5. The van der Waals surface area contributed by atoms with Gasteiger partial charge in [-0.3, -0.25) is 0 Å². The van der Waals surface area contributed by atoms with Gasteiger partial charge in [0.1, 0.15) is 11.6 Å². The summed E-state index contributed by atoms with van der Waals surface area (Å²) in [6.45, 7) is 1.77. The Kier molecular flexibility index (Phi) is 4.57. The number of halogens is 1. The second kappa shape index (κ2) is 6.19. The molecule has 0 bridgehead atoms. The van der Waals surface area contributed by atoms with Crippen LogP contribution in [-0.2, 0) is 22.2 Å². The first-order chi connectivity index (χ1) is 9.44. The molecule has 4 nitrogen and oxygen atoms in total. The Morgan fingerprint density at radius 2 is 1.95 bits per heavy atom. The standard InChI is InChI=1S/C14H16FNO3S/c1-11(9-14-3-2-8-19-14)16-20(17,18)10-12-4-6-13(15)7-5-12/h2-8,11,16H,9-10H2,1H3/t11-/m1/s1. The van der Waals surface area contributed by atoms with Crippen molar-refractivity contribution in [1.82, 2.24) is 4.72 Å². The maximum atomic E-state index is 12.8. The third-order valence-corrected chi connectivity index (χ3v) is 4.21. The third-order valence-electron chi connectivity index (χ3n) is 2.74. The highest BCUT2D eigenvalue weighted by atomic mass is 32.2. The SMILES string of the molecule is C[C@H](Cc1ccco1)NS(=O)(=O)Cc1ccc(F)cc1. The zero-order chi connectivity index (χ0) is 14.6. The summed E-state index contributed by atoms with van der Waals surface area (Å²) in [4.78, 5) is 0. The predicted octanol–water partition coefficient (Wildman–Crippen LogP) is 2.47. The van der Waals surface area contributed by atoms with Gasteiger partial charge in [-0.15, -0.1) is 0 Å². The maximum Gasteiger partial charge on any atom is 0.216 e. The van der Waals surface area contributed by atoms with Gasteiger partial charge in [0, 0.05) is 12.5 Å². The minimum absolute atomic E-state index is 0.171. The molecule has 20 heavy (non-hydrogen) atoms. The van der Waals surface area contributed by atoms with E-state index in [1.807, 2.05) is 0 Å². The Balaban J connectivity index is 1.94. The van der Waals surface area contributed by atoms with Crippen LogP contribution in [0.2, 0.25) is 0 Å². The predicted molar refractivity (Wildman–Crippen MR) is 74.0 cm³/mol. The molecule has 0 aliphatic heterocycles. The van der Waals surface area contributed by atoms with E-state index < -0.39 is 10.0 Å². The molecule has 0 aliphatic rings. The molecule has 2 rings (SSSR count). The van der Waals surface area contributed by atoms with E-state index >= 15 is 0 Å². The molecule has 6 heteroatoms. The van der Waals surface area contributed by atoms with Crippen LogP contribution in [0.4, 0.5) is 4.39 Å². The van der Waals surface area contributed by atoms with Gasteiger partial charge >= 0.3 is 0 Å². The van der Waals surface area contributed by atoms with Crippen LogP contribution >= 0.6 is 0 Å². The van der Waals surface area contributed by atoms with Crippen molar-refractivity contribution in [1.29, 1.82) is 0 Å². The molecule has 0 fully saturated rings. The number of nitrogens with one attached hydrogen (secondary N) is 1. The van der Waals surface area contributed by atoms with Gasteiger partial charge in [0.25, 0.3) is 0 Å². The largest absolute Gasteiger partial charge is 0.469 e. The van der Waals surface area contributed by atoms with E-state index in [2.05, 4.69) is 4.72 Å². The Bertz CT molecular complexity index is 636. The first-order valence-corrected chi connectivity index (χ1v) is 7.87. The van der Waals surface area contributed by atoms with Crippen LogP contribution < -0.4 is 4.72 Å². The van der Waals surface area contributed by atoms with E-state index in [1.165, 1.54) is 24.3 Å². The first-order valence-electron chi connectivity index (χ1n) is 6.21. The average Bonchev–Trinajstić information content (AvgIpc) is 2.83. The molecule has 0 saturated heterocycles. The van der Waals surface area contributed by atoms with Crippen molar-refractivity contribution in [3.05, 3.63) is 59.8 Å². The fraction of sp³-hybridized carbons (Fsp3) is 0.286. The second-order valence-electron chi connectivity index (χ2n) is 4.69. The monoisotopic (exact) mass is 297 g/mol. The number of benzene rings is 1. The molecule has 0 unspecified atom stereocenters. The van der Waals surface area contributed by atoms with E-state index in [4.69, 9.17) is 4.42 Å². The highest BCUT2D eigenvalue weighted by Gasteiger charge is 2.16. The summed E-state index contributed by atoms with van der Waals surface area (Å²) in [6.07, 6.45) is 2.03. The smallest absolute Gasteiger partial charge is 0.216 e. The molecule has 0 saturated carbocycles. The fourth-order valence-corrected chi connectivity index (χ4v) is 3.33. The first kappa shape index (κ1) is 14.7. The van der Waals surface area contributed by atoms with Crippen LogP contribution in [0.3, 0.4) is 0 Å². The van der Waals surface area contributed by atoms with Gasteiger partial charge in [-0.25, -0.2) is 17.5 Å². The third kappa shape index (κ3) is 4.47. The van der Waals surface area contributed by atoms with Gasteiger partial charge < -0.3 is 4.42 Å². The van der Waals surface area contributed by atoms with Crippen LogP contribution in [0.15, 0.2) is 47.1 Å². The Hall–Kier alpha value is -1.66. The highest BCUT2D eigenvalue weighted by molar-refractivity contribution is 7.88. The molecular weight excluding hydrogens is 281 g/mol. The molecule has 1 atom stereocenters. The van der Waals surface area contributed by atoms with Crippen LogP contribution in [-0.4, -0.2) is 14.5 Å². The molecule has 1 aromatic heterocycles. The number of hydrogen-bond donors (Lipinski definition) is 1. The van der Waals surface area contributed by atoms with E-state index in [-0.39, 0.29) is 17.6 Å². The number of hydrogen-bond acceptors (Lipinski definition) is 3. The molecule has 0 aliphatic carbocycles. The minimum atomic E-state index is -3.46. The lowest BCUT2D eigenvalue weighted by atomic mass is 10.2. The number of rotatable bonds is 6. The average molecular weight is 297 g/mol. The van der Waals surface area contributed by atoms with Gasteiger partial charge in [0.05, 0.1) is 12.0 Å². The Labute approximate surface area is 117 Å². The second-order valence-corrected chi connectivity index (χ2v) is 6.44. The summed E-state index contributed by atoms with van der Waals surface area (Å²) in [6, 6.07) is 8.71. The molecule has 2 aromatic rings. The van der Waals surface area contributed by atoms with E-state index in [1.54, 1.807) is 25.3 Å². The summed E-state index contributed by atoms with van der Waals surface area (Å²) in [5.74, 6) is 0.169. The van der Waals surface area contributed by atoms with E-state index in [0.717, 1.165) is 5.76 Å². The van der Waals surface area contributed by atoms with E-state index in [0.29, 0.717) is 12.0 Å². The van der Waals surface area contributed by atoms with Crippen LogP contribution in [0.5, 0.6) is 0 Å². The van der Waals surface area contributed by atoms with Gasteiger partial charge in [-0.2, -0.15) is 0 Å². The molecule has 1 aromatic carbocycles. The van der Waals surface area contributed by atoms with Crippen molar-refractivity contribution in [3.8, 4) is 0 Å². The zero-order valence-corrected chi connectivity index (χ0v) is 11.9. The van der Waals surface area contributed by atoms with Crippen molar-refractivity contribution < 1.29 is 17.2 Å². The fourth-order valence-electron chi connectivity index (χ4n) is 1.92. The summed E-state index contributed by atoms with van der Waals surface area (Å²) in [5.41, 5.74) is 0.545. The number of sulfonamides is 1. The van der Waals surface area contributed by atoms with Crippen molar-refractivity contribution in [3.63, 3.8) is 0 Å². The van der Waals surface area contributed by atoms with Crippen LogP contribution in [0.25, 0.3) is 0 Å². The highest BCUT2D eigenvalue weighted by Crippen LogP contribution is 2.09. The molecule has 0 radical (unpaired) electrons. The van der Waals surface area contributed by atoms with Crippen LogP contribution in [0.1, 0.15) is 18.2 Å². The van der Waals surface area contributed by atoms with E-state index in [9.17, 15) is 12.8 Å².